The maximum Gasteiger partial charge on any atom is 0.0713 e. The minimum absolute atomic E-state index is 0.461. The molecule has 0 saturated heterocycles. The van der Waals surface area contributed by atoms with E-state index in [4.69, 9.17) is 0 Å². The van der Waals surface area contributed by atoms with Gasteiger partial charge in [-0.2, -0.15) is 0 Å². The second-order valence-electron chi connectivity index (χ2n) is 17.6. The van der Waals surface area contributed by atoms with Crippen LogP contribution in [0.4, 0.5) is 17.1 Å². The van der Waals surface area contributed by atoms with Crippen LogP contribution in [0.15, 0.2) is 267 Å². The fourth-order valence-corrected chi connectivity index (χ4v) is 11.1. The van der Waals surface area contributed by atoms with Gasteiger partial charge in [-0.3, -0.25) is 0 Å². The molecule has 0 spiro atoms. The van der Waals surface area contributed by atoms with Crippen molar-refractivity contribution >= 4 is 49.6 Å². The summed E-state index contributed by atoms with van der Waals surface area (Å²) in [4.78, 5) is 2.41. The number of aromatic nitrogens is 1. The van der Waals surface area contributed by atoms with E-state index in [-0.39, 0.29) is 0 Å². The lowest BCUT2D eigenvalue weighted by Gasteiger charge is -2.34. The number of rotatable bonds is 8. The van der Waals surface area contributed by atoms with E-state index in [1.165, 1.54) is 82.6 Å². The summed E-state index contributed by atoms with van der Waals surface area (Å²) in [5.41, 5.74) is 18.8. The monoisotopic (exact) mass is 852 g/mol. The van der Waals surface area contributed by atoms with Crippen LogP contribution in [0.2, 0.25) is 0 Å². The quantitative estimate of drug-likeness (QED) is 0.148. The lowest BCUT2D eigenvalue weighted by atomic mass is 9.68. The Morgan fingerprint density at radius 1 is 0.313 bits per heavy atom. The molecule has 1 aromatic heterocycles. The predicted octanol–water partition coefficient (Wildman–Crippen LogP) is 17.1. The molecule has 1 heterocycles. The fourth-order valence-electron chi connectivity index (χ4n) is 11.1. The van der Waals surface area contributed by atoms with E-state index in [0.29, 0.717) is 0 Å². The van der Waals surface area contributed by atoms with Crippen molar-refractivity contribution in [2.45, 2.75) is 5.41 Å². The molecule has 0 fully saturated rings. The zero-order chi connectivity index (χ0) is 44.3. The number of fused-ring (bicyclic) bond motifs is 8. The zero-order valence-electron chi connectivity index (χ0n) is 36.8. The Morgan fingerprint density at radius 2 is 0.821 bits per heavy atom. The molecule has 0 radical (unpaired) electrons. The summed E-state index contributed by atoms with van der Waals surface area (Å²) in [5, 5.41) is 5.00. The SMILES string of the molecule is c1ccc(-c2ccc(N(c3ccc(-c4ccc5c6ccc7ccccc7c6n(-c6ccccc6)c5c4)cc3)c3ccc4c(c3)-c3ccccc3C4(c3ccccc3)c3ccccc3)cc2)cc1. The van der Waals surface area contributed by atoms with Gasteiger partial charge in [-0.25, -0.2) is 0 Å². The lowest BCUT2D eigenvalue weighted by molar-refractivity contribution is 0.768. The summed E-state index contributed by atoms with van der Waals surface area (Å²) in [7, 11) is 0. The molecule has 0 atom stereocenters. The Balaban J connectivity index is 0.964. The third kappa shape index (κ3) is 6.18. The highest BCUT2D eigenvalue weighted by molar-refractivity contribution is 6.19. The Kier molecular flexibility index (Phi) is 9.11. The van der Waals surface area contributed by atoms with Crippen LogP contribution in [0.3, 0.4) is 0 Å². The molecule has 13 rings (SSSR count). The molecular formula is C65H44N2. The van der Waals surface area contributed by atoms with E-state index < -0.39 is 5.41 Å². The van der Waals surface area contributed by atoms with Crippen molar-refractivity contribution in [2.75, 3.05) is 4.90 Å². The molecule has 11 aromatic carbocycles. The van der Waals surface area contributed by atoms with Crippen molar-refractivity contribution in [1.29, 1.82) is 0 Å². The number of hydrogen-bond acceptors (Lipinski definition) is 1. The highest BCUT2D eigenvalue weighted by Gasteiger charge is 2.46. The van der Waals surface area contributed by atoms with E-state index in [9.17, 15) is 0 Å². The first kappa shape index (κ1) is 38.7. The first-order valence-electron chi connectivity index (χ1n) is 23.2. The molecule has 2 heteroatoms. The molecule has 314 valence electrons. The third-order valence-corrected chi connectivity index (χ3v) is 14.1. The molecule has 0 N–H and O–H groups in total. The van der Waals surface area contributed by atoms with E-state index in [2.05, 4.69) is 276 Å². The minimum Gasteiger partial charge on any atom is -0.310 e. The van der Waals surface area contributed by atoms with Crippen molar-refractivity contribution in [3.63, 3.8) is 0 Å². The number of anilines is 3. The summed E-state index contributed by atoms with van der Waals surface area (Å²) in [6, 6.07) is 97.9. The van der Waals surface area contributed by atoms with E-state index in [1.54, 1.807) is 0 Å². The van der Waals surface area contributed by atoms with Gasteiger partial charge in [0.05, 0.1) is 16.4 Å². The zero-order valence-corrected chi connectivity index (χ0v) is 36.8. The molecule has 2 nitrogen and oxygen atoms in total. The molecule has 0 saturated carbocycles. The maximum atomic E-state index is 2.45. The van der Waals surface area contributed by atoms with Crippen molar-refractivity contribution in [3.8, 4) is 39.1 Å². The standard InChI is InChI=1S/C65H44N2/c1-5-17-45(18-6-1)46-29-35-53(36-30-46)66(55-39-42-62-60(44-55)57-27-15-16-28-61(57)65(62,50-20-7-2-8-21-50)51-22-9-3-10-23-51)54-37-31-47(32-38-54)49-34-40-58-59-41-33-48-19-13-14-26-56(48)64(59)67(63(58)43-49)52-24-11-4-12-25-52/h1-44H. The van der Waals surface area contributed by atoms with Crippen LogP contribution in [0.1, 0.15) is 22.3 Å². The number of para-hydroxylation sites is 1. The van der Waals surface area contributed by atoms with Gasteiger partial charge in [0, 0.05) is 38.9 Å². The Morgan fingerprint density at radius 3 is 1.51 bits per heavy atom. The average molecular weight is 853 g/mol. The Labute approximate surface area is 390 Å². The molecule has 1 aliphatic rings. The van der Waals surface area contributed by atoms with Gasteiger partial charge in [-0.05, 0) is 116 Å². The van der Waals surface area contributed by atoms with Crippen molar-refractivity contribution in [3.05, 3.63) is 289 Å². The van der Waals surface area contributed by atoms with E-state index in [1.807, 2.05) is 0 Å². The summed E-state index contributed by atoms with van der Waals surface area (Å²) in [5.74, 6) is 0. The smallest absolute Gasteiger partial charge is 0.0713 e. The van der Waals surface area contributed by atoms with Gasteiger partial charge in [0.2, 0.25) is 0 Å². The molecule has 0 bridgehead atoms. The largest absolute Gasteiger partial charge is 0.310 e. The van der Waals surface area contributed by atoms with Crippen LogP contribution in [0.5, 0.6) is 0 Å². The summed E-state index contributed by atoms with van der Waals surface area (Å²) in [6.45, 7) is 0. The molecule has 1 aliphatic carbocycles. The molecule has 0 aliphatic heterocycles. The van der Waals surface area contributed by atoms with Crippen LogP contribution < -0.4 is 4.90 Å². The lowest BCUT2D eigenvalue weighted by Crippen LogP contribution is -2.28. The highest BCUT2D eigenvalue weighted by atomic mass is 15.1. The summed E-state index contributed by atoms with van der Waals surface area (Å²) < 4.78 is 2.45. The molecule has 67 heavy (non-hydrogen) atoms. The highest BCUT2D eigenvalue weighted by Crippen LogP contribution is 2.57. The second kappa shape index (κ2) is 15.8. The molecule has 0 unspecified atom stereocenters. The topological polar surface area (TPSA) is 8.17 Å². The summed E-state index contributed by atoms with van der Waals surface area (Å²) >= 11 is 0. The van der Waals surface area contributed by atoms with Gasteiger partial charge in [0.1, 0.15) is 0 Å². The van der Waals surface area contributed by atoms with Crippen LogP contribution >= 0.6 is 0 Å². The molecule has 12 aromatic rings. The first-order chi connectivity index (χ1) is 33.2. The summed E-state index contributed by atoms with van der Waals surface area (Å²) in [6.07, 6.45) is 0. The first-order valence-corrected chi connectivity index (χ1v) is 23.2. The van der Waals surface area contributed by atoms with Crippen molar-refractivity contribution in [2.24, 2.45) is 0 Å². The van der Waals surface area contributed by atoms with Gasteiger partial charge in [0.15, 0.2) is 0 Å². The average Bonchev–Trinajstić information content (AvgIpc) is 3.91. The van der Waals surface area contributed by atoms with Gasteiger partial charge >= 0.3 is 0 Å². The van der Waals surface area contributed by atoms with Crippen LogP contribution in [-0.4, -0.2) is 4.57 Å². The number of hydrogen-bond donors (Lipinski definition) is 0. The van der Waals surface area contributed by atoms with Gasteiger partial charge in [0.25, 0.3) is 0 Å². The second-order valence-corrected chi connectivity index (χ2v) is 17.6. The van der Waals surface area contributed by atoms with Crippen molar-refractivity contribution < 1.29 is 0 Å². The van der Waals surface area contributed by atoms with Crippen LogP contribution in [0.25, 0.3) is 71.6 Å². The van der Waals surface area contributed by atoms with E-state index >= 15 is 0 Å². The van der Waals surface area contributed by atoms with E-state index in [0.717, 1.165) is 28.3 Å². The van der Waals surface area contributed by atoms with Crippen LogP contribution in [-0.2, 0) is 5.41 Å². The number of benzene rings is 11. The minimum atomic E-state index is -0.461. The Hall–Kier alpha value is -8.72. The molecular weight excluding hydrogens is 809 g/mol. The maximum absolute atomic E-state index is 2.45. The van der Waals surface area contributed by atoms with Gasteiger partial charge < -0.3 is 9.47 Å². The Bertz CT molecular complexity index is 3720. The number of nitrogens with zero attached hydrogens (tertiary/aromatic N) is 2. The van der Waals surface area contributed by atoms with Gasteiger partial charge in [-0.1, -0.05) is 212 Å². The predicted molar refractivity (Wildman–Crippen MR) is 281 cm³/mol. The van der Waals surface area contributed by atoms with Crippen molar-refractivity contribution in [1.82, 2.24) is 4.57 Å². The third-order valence-electron chi connectivity index (χ3n) is 14.1. The van der Waals surface area contributed by atoms with Crippen LogP contribution in [0, 0.1) is 0 Å². The molecule has 0 amide bonds. The van der Waals surface area contributed by atoms with Gasteiger partial charge in [-0.15, -0.1) is 0 Å². The normalized spacial score (nSPS) is 12.6. The fraction of sp³-hybridized carbons (Fsp3) is 0.0154.